The second-order valence-corrected chi connectivity index (χ2v) is 5.50. The van der Waals surface area contributed by atoms with Gasteiger partial charge in [0.1, 0.15) is 17.3 Å². The Labute approximate surface area is 129 Å². The minimum absolute atomic E-state index is 0.0793. The predicted octanol–water partition coefficient (Wildman–Crippen LogP) is 2.47. The fourth-order valence-corrected chi connectivity index (χ4v) is 2.54. The fourth-order valence-electron chi connectivity index (χ4n) is 2.54. The van der Waals surface area contributed by atoms with Gasteiger partial charge >= 0.3 is 0 Å². The molecule has 3 heterocycles. The van der Waals surface area contributed by atoms with E-state index >= 15 is 0 Å². The minimum atomic E-state index is -0.0793. The molecule has 0 aliphatic carbocycles. The van der Waals surface area contributed by atoms with E-state index in [1.807, 2.05) is 38.2 Å². The van der Waals surface area contributed by atoms with Gasteiger partial charge in [0.05, 0.1) is 0 Å². The molecule has 5 nitrogen and oxygen atoms in total. The number of rotatable bonds is 2. The molecule has 0 radical (unpaired) electrons. The Balaban J connectivity index is 1.84. The third kappa shape index (κ3) is 3.09. The van der Waals surface area contributed by atoms with Gasteiger partial charge in [-0.15, -0.1) is 0 Å². The maximum Gasteiger partial charge on any atom is 0.252 e. The van der Waals surface area contributed by atoms with Crippen molar-refractivity contribution in [3.63, 3.8) is 0 Å². The van der Waals surface area contributed by atoms with Crippen LogP contribution in [-0.4, -0.2) is 35.9 Å². The van der Waals surface area contributed by atoms with Crippen LogP contribution in [0.1, 0.15) is 17.1 Å². The van der Waals surface area contributed by atoms with Gasteiger partial charge in [-0.05, 0) is 38.2 Å². The number of pyridine rings is 1. The molecule has 3 rings (SSSR count). The van der Waals surface area contributed by atoms with Crippen LogP contribution in [0.15, 0.2) is 41.0 Å². The van der Waals surface area contributed by atoms with Crippen molar-refractivity contribution in [1.29, 1.82) is 0 Å². The molecule has 2 aromatic heterocycles. The summed E-state index contributed by atoms with van der Waals surface area (Å²) in [5, 5.41) is 0. The molecule has 0 saturated carbocycles. The highest BCUT2D eigenvalue weighted by Gasteiger charge is 2.22. The summed E-state index contributed by atoms with van der Waals surface area (Å²) in [5.74, 6) is 2.18. The van der Waals surface area contributed by atoms with Gasteiger partial charge in [0.15, 0.2) is 0 Å². The number of hydrogen-bond acceptors (Lipinski definition) is 4. The Bertz CT molecular complexity index is 705. The zero-order valence-corrected chi connectivity index (χ0v) is 12.8. The van der Waals surface area contributed by atoms with Crippen molar-refractivity contribution in [1.82, 2.24) is 9.88 Å². The number of amides is 1. The molecule has 5 heteroatoms. The number of aromatic nitrogens is 1. The lowest BCUT2D eigenvalue weighted by atomic mass is 10.2. The van der Waals surface area contributed by atoms with Crippen LogP contribution in [0.3, 0.4) is 0 Å². The van der Waals surface area contributed by atoms with Crippen molar-refractivity contribution in [2.24, 2.45) is 0 Å². The van der Waals surface area contributed by atoms with Crippen molar-refractivity contribution in [3.8, 4) is 0 Å². The van der Waals surface area contributed by atoms with E-state index in [0.29, 0.717) is 12.3 Å². The van der Waals surface area contributed by atoms with Crippen LogP contribution in [0.2, 0.25) is 0 Å². The largest absolute Gasteiger partial charge is 0.462 e. The first-order valence-electron chi connectivity index (χ1n) is 7.32. The number of carbonyl (C=O) groups is 1. The van der Waals surface area contributed by atoms with Gasteiger partial charge in [-0.1, -0.05) is 6.07 Å². The van der Waals surface area contributed by atoms with Crippen LogP contribution in [0.5, 0.6) is 0 Å². The molecule has 1 aliphatic rings. The van der Waals surface area contributed by atoms with Gasteiger partial charge in [-0.3, -0.25) is 9.69 Å². The third-order valence-corrected chi connectivity index (χ3v) is 3.69. The Morgan fingerprint density at radius 3 is 2.95 bits per heavy atom. The summed E-state index contributed by atoms with van der Waals surface area (Å²) < 4.78 is 5.45. The first-order valence-corrected chi connectivity index (χ1v) is 7.32. The molecule has 1 amide bonds. The van der Waals surface area contributed by atoms with Gasteiger partial charge in [0.2, 0.25) is 0 Å². The number of carbonyl (C=O) groups excluding carboxylic acids is 1. The fraction of sp³-hybridized carbons (Fsp3) is 0.294. The Morgan fingerprint density at radius 1 is 1.32 bits per heavy atom. The number of furan rings is 1. The lowest BCUT2D eigenvalue weighted by Crippen LogP contribution is -2.34. The summed E-state index contributed by atoms with van der Waals surface area (Å²) >= 11 is 0. The van der Waals surface area contributed by atoms with E-state index in [2.05, 4.69) is 9.88 Å². The third-order valence-electron chi connectivity index (χ3n) is 3.69. The van der Waals surface area contributed by atoms with Crippen molar-refractivity contribution < 1.29 is 9.21 Å². The summed E-state index contributed by atoms with van der Waals surface area (Å²) in [7, 11) is 2.05. The van der Waals surface area contributed by atoms with E-state index in [9.17, 15) is 4.79 Å². The van der Waals surface area contributed by atoms with Gasteiger partial charge in [-0.25, -0.2) is 4.98 Å². The Morgan fingerprint density at radius 2 is 2.18 bits per heavy atom. The van der Waals surface area contributed by atoms with Crippen LogP contribution in [0.25, 0.3) is 6.08 Å². The second-order valence-electron chi connectivity index (χ2n) is 5.50. The summed E-state index contributed by atoms with van der Waals surface area (Å²) in [6.45, 7) is 4.12. The monoisotopic (exact) mass is 297 g/mol. The standard InChI is InChI=1S/C17H19N3O2/c1-13-5-6-15(22-13)7-8-16(21)20-11-10-19(2)12-14-4-3-9-18-17(14)20/h3-9H,10-12H2,1-2H3. The molecule has 0 saturated heterocycles. The zero-order chi connectivity index (χ0) is 15.5. The molecule has 0 N–H and O–H groups in total. The average molecular weight is 297 g/mol. The quantitative estimate of drug-likeness (QED) is 0.799. The molecule has 0 aromatic carbocycles. The maximum atomic E-state index is 12.5. The molecule has 0 bridgehead atoms. The Kier molecular flexibility index (Phi) is 4.06. The number of aryl methyl sites for hydroxylation is 1. The molecule has 0 spiro atoms. The SMILES string of the molecule is Cc1ccc(C=CC(=O)N2CCN(C)Cc3cccnc32)o1. The molecule has 0 atom stereocenters. The van der Waals surface area contributed by atoms with Crippen molar-refractivity contribution >= 4 is 17.8 Å². The van der Waals surface area contributed by atoms with Crippen LogP contribution in [0, 0.1) is 6.92 Å². The van der Waals surface area contributed by atoms with Crippen molar-refractivity contribution in [2.45, 2.75) is 13.5 Å². The molecular weight excluding hydrogens is 278 g/mol. The number of anilines is 1. The summed E-state index contributed by atoms with van der Waals surface area (Å²) in [4.78, 5) is 20.9. The molecule has 0 fully saturated rings. The van der Waals surface area contributed by atoms with E-state index in [4.69, 9.17) is 4.42 Å². The molecule has 1 aliphatic heterocycles. The van der Waals surface area contributed by atoms with E-state index in [1.165, 1.54) is 0 Å². The minimum Gasteiger partial charge on any atom is -0.462 e. The zero-order valence-electron chi connectivity index (χ0n) is 12.8. The number of hydrogen-bond donors (Lipinski definition) is 0. The highest BCUT2D eigenvalue weighted by atomic mass is 16.3. The van der Waals surface area contributed by atoms with Crippen molar-refractivity contribution in [3.05, 3.63) is 53.6 Å². The van der Waals surface area contributed by atoms with Crippen LogP contribution in [0.4, 0.5) is 5.82 Å². The smallest absolute Gasteiger partial charge is 0.252 e. The van der Waals surface area contributed by atoms with Crippen LogP contribution in [-0.2, 0) is 11.3 Å². The summed E-state index contributed by atoms with van der Waals surface area (Å²) in [5.41, 5.74) is 1.07. The normalized spacial score (nSPS) is 15.8. The summed E-state index contributed by atoms with van der Waals surface area (Å²) in [6, 6.07) is 7.65. The van der Waals surface area contributed by atoms with E-state index in [-0.39, 0.29) is 5.91 Å². The lowest BCUT2D eigenvalue weighted by molar-refractivity contribution is -0.114. The predicted molar refractivity (Wildman–Crippen MR) is 85.4 cm³/mol. The second kappa shape index (κ2) is 6.15. The molecule has 2 aromatic rings. The van der Waals surface area contributed by atoms with E-state index in [0.717, 1.165) is 30.2 Å². The van der Waals surface area contributed by atoms with Crippen LogP contribution >= 0.6 is 0 Å². The topological polar surface area (TPSA) is 49.6 Å². The number of likely N-dealkylation sites (N-methyl/N-ethyl adjacent to an activating group) is 1. The molecular formula is C17H19N3O2. The molecule has 22 heavy (non-hydrogen) atoms. The highest BCUT2D eigenvalue weighted by molar-refractivity contribution is 6.03. The van der Waals surface area contributed by atoms with Gasteiger partial charge in [-0.2, -0.15) is 0 Å². The van der Waals surface area contributed by atoms with Crippen molar-refractivity contribution in [2.75, 3.05) is 25.0 Å². The average Bonchev–Trinajstić information content (AvgIpc) is 2.84. The maximum absolute atomic E-state index is 12.5. The summed E-state index contributed by atoms with van der Waals surface area (Å²) in [6.07, 6.45) is 4.97. The van der Waals surface area contributed by atoms with E-state index in [1.54, 1.807) is 23.2 Å². The molecule has 114 valence electrons. The number of nitrogens with zero attached hydrogens (tertiary/aromatic N) is 3. The van der Waals surface area contributed by atoms with Crippen LogP contribution < -0.4 is 4.90 Å². The van der Waals surface area contributed by atoms with Gasteiger partial charge in [0, 0.05) is 37.5 Å². The van der Waals surface area contributed by atoms with Gasteiger partial charge < -0.3 is 9.32 Å². The lowest BCUT2D eigenvalue weighted by Gasteiger charge is -2.19. The van der Waals surface area contributed by atoms with E-state index < -0.39 is 0 Å². The number of fused-ring (bicyclic) bond motifs is 1. The van der Waals surface area contributed by atoms with Gasteiger partial charge in [0.25, 0.3) is 5.91 Å². The highest BCUT2D eigenvalue weighted by Crippen LogP contribution is 2.22. The molecule has 0 unspecified atom stereocenters. The Hall–Kier alpha value is -2.40. The first-order chi connectivity index (χ1) is 10.6. The first kappa shape index (κ1) is 14.5.